The van der Waals surface area contributed by atoms with E-state index in [0.29, 0.717) is 36.7 Å². The minimum Gasteiger partial charge on any atom is -0.450 e. The van der Waals surface area contributed by atoms with Crippen molar-refractivity contribution in [1.82, 2.24) is 24.4 Å². The van der Waals surface area contributed by atoms with Gasteiger partial charge in [0, 0.05) is 19.1 Å². The van der Waals surface area contributed by atoms with Crippen LogP contribution in [0.25, 0.3) is 11.2 Å². The zero-order valence-corrected chi connectivity index (χ0v) is 18.3. The van der Waals surface area contributed by atoms with E-state index in [1.807, 2.05) is 0 Å². The van der Waals surface area contributed by atoms with Crippen molar-refractivity contribution < 1.29 is 29.2 Å². The van der Waals surface area contributed by atoms with E-state index < -0.39 is 24.5 Å². The van der Waals surface area contributed by atoms with Gasteiger partial charge in [-0.05, 0) is 19.8 Å². The first-order valence-corrected chi connectivity index (χ1v) is 10.9. The lowest BCUT2D eigenvalue weighted by molar-refractivity contribution is -0.0615. The van der Waals surface area contributed by atoms with Gasteiger partial charge in [-0.3, -0.25) is 4.57 Å². The SMILES string of the molecule is C#CCOC[C@H]1O[C@@H](n2cnc3c(NC4CCN(C(=O)OCC)CC4)ncnc32)[C@@H](O)[C@@H]1O. The van der Waals surface area contributed by atoms with Crippen molar-refractivity contribution >= 4 is 23.1 Å². The van der Waals surface area contributed by atoms with Crippen LogP contribution < -0.4 is 5.32 Å². The maximum Gasteiger partial charge on any atom is 0.409 e. The van der Waals surface area contributed by atoms with Gasteiger partial charge in [0.1, 0.15) is 31.2 Å². The molecule has 0 bridgehead atoms. The number of aliphatic hydroxyl groups excluding tert-OH is 2. The molecule has 0 spiro atoms. The van der Waals surface area contributed by atoms with Gasteiger partial charge in [-0.1, -0.05) is 5.92 Å². The third-order valence-corrected chi connectivity index (χ3v) is 5.80. The minimum atomic E-state index is -1.19. The Kier molecular flexibility index (Phi) is 7.24. The molecule has 178 valence electrons. The Balaban J connectivity index is 1.44. The van der Waals surface area contributed by atoms with Gasteiger partial charge in [0.05, 0.1) is 19.5 Å². The number of piperidine rings is 1. The molecule has 4 rings (SSSR count). The van der Waals surface area contributed by atoms with Crippen molar-refractivity contribution in [3.63, 3.8) is 0 Å². The molecule has 2 aliphatic heterocycles. The topological polar surface area (TPSA) is 144 Å². The second kappa shape index (κ2) is 10.3. The number of fused-ring (bicyclic) bond motifs is 1. The molecule has 12 nitrogen and oxygen atoms in total. The normalized spacial score (nSPS) is 25.8. The second-order valence-corrected chi connectivity index (χ2v) is 7.92. The van der Waals surface area contributed by atoms with Crippen LogP contribution in [0.3, 0.4) is 0 Å². The van der Waals surface area contributed by atoms with Crippen LogP contribution >= 0.6 is 0 Å². The number of hydrogen-bond donors (Lipinski definition) is 3. The third-order valence-electron chi connectivity index (χ3n) is 5.80. The molecule has 12 heteroatoms. The number of nitrogens with one attached hydrogen (secondary N) is 1. The Morgan fingerprint density at radius 1 is 1.30 bits per heavy atom. The zero-order valence-electron chi connectivity index (χ0n) is 18.3. The average molecular weight is 460 g/mol. The van der Waals surface area contributed by atoms with Crippen LogP contribution in [0.5, 0.6) is 0 Å². The van der Waals surface area contributed by atoms with E-state index in [1.165, 1.54) is 12.7 Å². The van der Waals surface area contributed by atoms with E-state index >= 15 is 0 Å². The summed E-state index contributed by atoms with van der Waals surface area (Å²) in [4.78, 5) is 26.6. The maximum absolute atomic E-state index is 11.9. The number of carbonyl (C=O) groups excluding carboxylic acids is 1. The summed E-state index contributed by atoms with van der Waals surface area (Å²) in [6, 6.07) is 0.103. The van der Waals surface area contributed by atoms with Crippen molar-refractivity contribution in [2.75, 3.05) is 38.2 Å². The molecular formula is C21H28N6O6. The fourth-order valence-electron chi connectivity index (χ4n) is 4.09. The van der Waals surface area contributed by atoms with Crippen LogP contribution in [0.1, 0.15) is 26.0 Å². The monoisotopic (exact) mass is 460 g/mol. The number of nitrogens with zero attached hydrogens (tertiary/aromatic N) is 5. The third kappa shape index (κ3) is 4.86. The Morgan fingerprint density at radius 3 is 2.82 bits per heavy atom. The Morgan fingerprint density at radius 2 is 2.09 bits per heavy atom. The Labute approximate surface area is 190 Å². The first-order valence-electron chi connectivity index (χ1n) is 10.9. The van der Waals surface area contributed by atoms with Gasteiger partial charge >= 0.3 is 6.09 Å². The number of aliphatic hydroxyl groups is 2. The van der Waals surface area contributed by atoms with Crippen LogP contribution in [0, 0.1) is 12.3 Å². The number of aromatic nitrogens is 4. The van der Waals surface area contributed by atoms with E-state index in [4.69, 9.17) is 20.6 Å². The molecule has 4 atom stereocenters. The lowest BCUT2D eigenvalue weighted by Gasteiger charge is -2.31. The zero-order chi connectivity index (χ0) is 23.4. The lowest BCUT2D eigenvalue weighted by Crippen LogP contribution is -2.42. The molecule has 0 unspecified atom stereocenters. The van der Waals surface area contributed by atoms with Crippen LogP contribution in [0.4, 0.5) is 10.6 Å². The molecular weight excluding hydrogens is 432 g/mol. The number of carbonyl (C=O) groups is 1. The molecule has 2 aromatic heterocycles. The Hall–Kier alpha value is -2.98. The quantitative estimate of drug-likeness (QED) is 0.385. The summed E-state index contributed by atoms with van der Waals surface area (Å²) in [5, 5.41) is 24.3. The van der Waals surface area contributed by atoms with Crippen LogP contribution in [-0.4, -0.2) is 98.0 Å². The van der Waals surface area contributed by atoms with Gasteiger partial charge in [0.15, 0.2) is 23.2 Å². The van der Waals surface area contributed by atoms with E-state index in [2.05, 4.69) is 26.2 Å². The van der Waals surface area contributed by atoms with Gasteiger partial charge in [-0.15, -0.1) is 6.42 Å². The fraction of sp³-hybridized carbons (Fsp3) is 0.619. The van der Waals surface area contributed by atoms with E-state index in [9.17, 15) is 15.0 Å². The van der Waals surface area contributed by atoms with Crippen molar-refractivity contribution in [3.05, 3.63) is 12.7 Å². The molecule has 3 N–H and O–H groups in total. The summed E-state index contributed by atoms with van der Waals surface area (Å²) < 4.78 is 17.7. The van der Waals surface area contributed by atoms with E-state index in [0.717, 1.165) is 12.8 Å². The summed E-state index contributed by atoms with van der Waals surface area (Å²) >= 11 is 0. The largest absolute Gasteiger partial charge is 0.450 e. The van der Waals surface area contributed by atoms with E-state index in [-0.39, 0.29) is 25.3 Å². The maximum atomic E-state index is 11.9. The number of imidazole rings is 1. The first kappa shape index (κ1) is 23.2. The summed E-state index contributed by atoms with van der Waals surface area (Å²) in [6.45, 7) is 3.45. The predicted molar refractivity (Wildman–Crippen MR) is 116 cm³/mol. The molecule has 2 aliphatic rings. The van der Waals surface area contributed by atoms with Crippen molar-refractivity contribution in [1.29, 1.82) is 0 Å². The number of likely N-dealkylation sites (tertiary alicyclic amines) is 1. The molecule has 4 heterocycles. The number of terminal acetylenes is 1. The molecule has 2 fully saturated rings. The molecule has 0 aromatic carbocycles. The molecule has 33 heavy (non-hydrogen) atoms. The summed E-state index contributed by atoms with van der Waals surface area (Å²) in [7, 11) is 0. The molecule has 1 amide bonds. The smallest absolute Gasteiger partial charge is 0.409 e. The summed E-state index contributed by atoms with van der Waals surface area (Å²) in [6.07, 6.45) is 5.29. The highest BCUT2D eigenvalue weighted by molar-refractivity contribution is 5.82. The molecule has 2 saturated heterocycles. The van der Waals surface area contributed by atoms with Gasteiger partial charge in [0.25, 0.3) is 0 Å². The number of rotatable bonds is 7. The highest BCUT2D eigenvalue weighted by Gasteiger charge is 2.44. The highest BCUT2D eigenvalue weighted by Crippen LogP contribution is 2.32. The highest BCUT2D eigenvalue weighted by atomic mass is 16.6. The average Bonchev–Trinajstić information content (AvgIpc) is 3.37. The number of ether oxygens (including phenoxy) is 3. The molecule has 0 radical (unpaired) electrons. The molecule has 0 saturated carbocycles. The van der Waals surface area contributed by atoms with Crippen LogP contribution in [0.2, 0.25) is 0 Å². The number of hydrogen-bond acceptors (Lipinski definition) is 10. The van der Waals surface area contributed by atoms with Gasteiger partial charge in [-0.2, -0.15) is 0 Å². The molecule has 0 aliphatic carbocycles. The number of amides is 1. The number of anilines is 1. The summed E-state index contributed by atoms with van der Waals surface area (Å²) in [5.41, 5.74) is 0.973. The van der Waals surface area contributed by atoms with Gasteiger partial charge < -0.3 is 34.6 Å². The summed E-state index contributed by atoms with van der Waals surface area (Å²) in [5.74, 6) is 2.90. The predicted octanol–water partition coefficient (Wildman–Crippen LogP) is 0.128. The van der Waals surface area contributed by atoms with Crippen molar-refractivity contribution in [2.45, 2.75) is 50.3 Å². The lowest BCUT2D eigenvalue weighted by atomic mass is 10.1. The van der Waals surface area contributed by atoms with E-state index in [1.54, 1.807) is 16.4 Å². The standard InChI is InChI=1S/C21H28N6O6/c1-3-9-31-10-14-16(28)17(29)20(33-14)27-12-24-15-18(22-11-23-19(15)27)25-13-5-7-26(8-6-13)21(30)32-4-2/h1,11-14,16-17,20,28-29H,4-10H2,2H3,(H,22,23,25)/t14-,16-,17+,20-/m1/s1. The first-order chi connectivity index (χ1) is 16.0. The molecule has 2 aromatic rings. The van der Waals surface area contributed by atoms with Crippen LogP contribution in [0.15, 0.2) is 12.7 Å². The van der Waals surface area contributed by atoms with Crippen molar-refractivity contribution in [2.24, 2.45) is 0 Å². The van der Waals surface area contributed by atoms with Crippen molar-refractivity contribution in [3.8, 4) is 12.3 Å². The van der Waals surface area contributed by atoms with Gasteiger partial charge in [0.2, 0.25) is 0 Å². The second-order valence-electron chi connectivity index (χ2n) is 7.92. The van der Waals surface area contributed by atoms with Crippen LogP contribution in [-0.2, 0) is 14.2 Å². The van der Waals surface area contributed by atoms with Gasteiger partial charge in [-0.25, -0.2) is 19.7 Å². The fourth-order valence-corrected chi connectivity index (χ4v) is 4.09. The minimum absolute atomic E-state index is 0.0534. The Bertz CT molecular complexity index is 1000.